The van der Waals surface area contributed by atoms with Crippen LogP contribution in [0.2, 0.25) is 0 Å². The number of rotatable bonds is 5. The van der Waals surface area contributed by atoms with Crippen LogP contribution in [0.4, 0.5) is 9.18 Å². The van der Waals surface area contributed by atoms with Crippen LogP contribution in [0.3, 0.4) is 0 Å². The minimum absolute atomic E-state index is 0.216. The Morgan fingerprint density at radius 3 is 2.83 bits per heavy atom. The minimum atomic E-state index is -0.572. The van der Waals surface area contributed by atoms with Gasteiger partial charge in [-0.15, -0.1) is 0 Å². The third-order valence-corrected chi connectivity index (χ3v) is 3.82. The summed E-state index contributed by atoms with van der Waals surface area (Å²) in [6.45, 7) is 7.40. The van der Waals surface area contributed by atoms with Crippen molar-refractivity contribution >= 4 is 6.09 Å². The lowest BCUT2D eigenvalue weighted by atomic mass is 10.1. The Labute approximate surface area is 142 Å². The molecule has 1 unspecified atom stereocenters. The first-order chi connectivity index (χ1) is 11.2. The van der Waals surface area contributed by atoms with Crippen molar-refractivity contribution in [2.24, 2.45) is 0 Å². The maximum absolute atomic E-state index is 13.4. The highest BCUT2D eigenvalue weighted by Gasteiger charge is 2.25. The first-order valence-electron chi connectivity index (χ1n) is 8.35. The number of nitrogens with one attached hydrogen (secondary N) is 1. The zero-order chi connectivity index (χ0) is 17.7. The van der Waals surface area contributed by atoms with Crippen LogP contribution >= 0.6 is 0 Å². The second kappa shape index (κ2) is 7.94. The number of carbonyl (C=O) groups excluding carboxylic acids is 1. The Morgan fingerprint density at radius 2 is 2.25 bits per heavy atom. The van der Waals surface area contributed by atoms with Gasteiger partial charge in [0.25, 0.3) is 0 Å². The van der Waals surface area contributed by atoms with Gasteiger partial charge in [0.15, 0.2) is 0 Å². The highest BCUT2D eigenvalue weighted by molar-refractivity contribution is 5.68. The summed E-state index contributed by atoms with van der Waals surface area (Å²) in [6, 6.07) is 6.16. The summed E-state index contributed by atoms with van der Waals surface area (Å²) in [5.41, 5.74) is 0.243. The Hall–Kier alpha value is -1.66. The van der Waals surface area contributed by atoms with Crippen LogP contribution in [-0.2, 0) is 11.2 Å². The fourth-order valence-electron chi connectivity index (χ4n) is 2.87. The van der Waals surface area contributed by atoms with Crippen molar-refractivity contribution in [3.05, 3.63) is 35.6 Å². The van der Waals surface area contributed by atoms with Crippen LogP contribution in [0, 0.1) is 5.82 Å². The number of ether oxygens (including phenoxy) is 1. The monoisotopic (exact) mass is 338 g/mol. The Morgan fingerprint density at radius 1 is 1.50 bits per heavy atom. The molecule has 0 saturated carbocycles. The predicted molar refractivity (Wildman–Crippen MR) is 90.3 cm³/mol. The summed E-state index contributed by atoms with van der Waals surface area (Å²) >= 11 is 0. The first kappa shape index (κ1) is 18.7. The molecule has 1 saturated heterocycles. The van der Waals surface area contributed by atoms with Crippen LogP contribution in [0.15, 0.2) is 24.3 Å². The van der Waals surface area contributed by atoms with Crippen molar-refractivity contribution in [3.63, 3.8) is 0 Å². The van der Waals surface area contributed by atoms with E-state index in [0.29, 0.717) is 19.5 Å². The molecule has 2 N–H and O–H groups in total. The Bertz CT molecular complexity index is 559. The number of carbonyl (C=O) groups is 1. The summed E-state index contributed by atoms with van der Waals surface area (Å²) in [5, 5.41) is 12.5. The molecule has 1 aliphatic rings. The van der Waals surface area contributed by atoms with E-state index in [1.165, 1.54) is 12.1 Å². The zero-order valence-corrected chi connectivity index (χ0v) is 14.6. The van der Waals surface area contributed by atoms with Crippen molar-refractivity contribution in [3.8, 4) is 0 Å². The van der Waals surface area contributed by atoms with Crippen molar-refractivity contribution in [2.45, 2.75) is 51.4 Å². The van der Waals surface area contributed by atoms with Gasteiger partial charge >= 0.3 is 6.09 Å². The normalized spacial score (nSPS) is 20.0. The number of β-amino-alcohol motifs (C(OH)–C–C–N with tert-alkyl or cyclic N) is 1. The Kier molecular flexibility index (Phi) is 6.18. The molecule has 1 aliphatic heterocycles. The average Bonchev–Trinajstić information content (AvgIpc) is 2.81. The highest BCUT2D eigenvalue weighted by Crippen LogP contribution is 2.13. The molecule has 0 radical (unpaired) electrons. The summed E-state index contributed by atoms with van der Waals surface area (Å²) in [7, 11) is 0. The van der Waals surface area contributed by atoms with Gasteiger partial charge in [-0.3, -0.25) is 4.90 Å². The van der Waals surface area contributed by atoms with E-state index in [9.17, 15) is 14.3 Å². The van der Waals surface area contributed by atoms with Crippen molar-refractivity contribution in [1.29, 1.82) is 0 Å². The van der Waals surface area contributed by atoms with Gasteiger partial charge in [0.1, 0.15) is 11.4 Å². The smallest absolute Gasteiger partial charge is 0.407 e. The largest absolute Gasteiger partial charge is 0.444 e. The molecule has 0 aliphatic carbocycles. The standard InChI is InChI=1S/C18H27FN2O3/c1-18(2,3)24-17(23)20-15(11-21-8-7-16(22)12-21)10-13-5-4-6-14(19)9-13/h4-6,9,15-16,22H,7-8,10-12H2,1-3H3,(H,20,23)/t15?,16-/m0/s1. The summed E-state index contributed by atoms with van der Waals surface area (Å²) in [4.78, 5) is 14.2. The molecule has 5 nitrogen and oxygen atoms in total. The average molecular weight is 338 g/mol. The van der Waals surface area contributed by atoms with Crippen LogP contribution in [-0.4, -0.2) is 53.5 Å². The number of aliphatic hydroxyl groups is 1. The second-order valence-electron chi connectivity index (χ2n) is 7.38. The van der Waals surface area contributed by atoms with Gasteiger partial charge < -0.3 is 15.2 Å². The van der Waals surface area contributed by atoms with Gasteiger partial charge in [0, 0.05) is 25.7 Å². The van der Waals surface area contributed by atoms with Crippen molar-refractivity contribution in [2.75, 3.05) is 19.6 Å². The molecule has 1 aromatic rings. The van der Waals surface area contributed by atoms with Gasteiger partial charge in [-0.05, 0) is 51.3 Å². The van der Waals surface area contributed by atoms with Crippen LogP contribution in [0.25, 0.3) is 0 Å². The van der Waals surface area contributed by atoms with E-state index in [-0.39, 0.29) is 18.0 Å². The number of hydrogen-bond acceptors (Lipinski definition) is 4. The first-order valence-corrected chi connectivity index (χ1v) is 8.35. The molecule has 1 aromatic carbocycles. The summed E-state index contributed by atoms with van der Waals surface area (Å²) < 4.78 is 18.7. The van der Waals surface area contributed by atoms with Gasteiger partial charge in [-0.1, -0.05) is 12.1 Å². The third kappa shape index (κ3) is 6.45. The van der Waals surface area contributed by atoms with E-state index in [2.05, 4.69) is 10.2 Å². The quantitative estimate of drug-likeness (QED) is 0.865. The lowest BCUT2D eigenvalue weighted by molar-refractivity contribution is 0.0493. The summed E-state index contributed by atoms with van der Waals surface area (Å²) in [6.07, 6.45) is 0.438. The molecule has 1 fully saturated rings. The van der Waals surface area contributed by atoms with Gasteiger partial charge in [0.2, 0.25) is 0 Å². The second-order valence-corrected chi connectivity index (χ2v) is 7.38. The molecule has 134 valence electrons. The predicted octanol–water partition coefficient (Wildman–Crippen LogP) is 2.33. The minimum Gasteiger partial charge on any atom is -0.444 e. The molecule has 0 bridgehead atoms. The maximum Gasteiger partial charge on any atom is 0.407 e. The van der Waals surface area contributed by atoms with E-state index in [0.717, 1.165) is 18.5 Å². The van der Waals surface area contributed by atoms with E-state index >= 15 is 0 Å². The van der Waals surface area contributed by atoms with Crippen LogP contribution in [0.5, 0.6) is 0 Å². The van der Waals surface area contributed by atoms with Gasteiger partial charge in [-0.2, -0.15) is 0 Å². The zero-order valence-electron chi connectivity index (χ0n) is 14.6. The fourth-order valence-corrected chi connectivity index (χ4v) is 2.87. The van der Waals surface area contributed by atoms with Crippen LogP contribution in [0.1, 0.15) is 32.8 Å². The molecule has 0 spiro atoms. The molecule has 2 atom stereocenters. The SMILES string of the molecule is CC(C)(C)OC(=O)NC(Cc1cccc(F)c1)CN1CC[C@H](O)C1. The van der Waals surface area contributed by atoms with Crippen molar-refractivity contribution < 1.29 is 19.0 Å². The van der Waals surface area contributed by atoms with Gasteiger partial charge in [-0.25, -0.2) is 9.18 Å². The van der Waals surface area contributed by atoms with E-state index in [1.807, 2.05) is 26.8 Å². The highest BCUT2D eigenvalue weighted by atomic mass is 19.1. The number of benzene rings is 1. The molecule has 0 aromatic heterocycles. The molecule has 1 heterocycles. The molecular weight excluding hydrogens is 311 g/mol. The number of nitrogens with zero attached hydrogens (tertiary/aromatic N) is 1. The number of halogens is 1. The number of alkyl carbamates (subject to hydrolysis) is 1. The molecular formula is C18H27FN2O3. The molecule has 1 amide bonds. The number of hydrogen-bond donors (Lipinski definition) is 2. The van der Waals surface area contributed by atoms with Crippen molar-refractivity contribution in [1.82, 2.24) is 10.2 Å². The maximum atomic E-state index is 13.4. The summed E-state index contributed by atoms with van der Waals surface area (Å²) in [5.74, 6) is -0.292. The lowest BCUT2D eigenvalue weighted by Crippen LogP contribution is -2.46. The van der Waals surface area contributed by atoms with E-state index in [4.69, 9.17) is 4.74 Å². The molecule has 2 rings (SSSR count). The Balaban J connectivity index is 2.01. The number of amides is 1. The molecule has 6 heteroatoms. The van der Waals surface area contributed by atoms with Gasteiger partial charge in [0.05, 0.1) is 6.10 Å². The number of aliphatic hydroxyl groups excluding tert-OH is 1. The molecule has 24 heavy (non-hydrogen) atoms. The fraction of sp³-hybridized carbons (Fsp3) is 0.611. The van der Waals surface area contributed by atoms with E-state index < -0.39 is 11.7 Å². The van der Waals surface area contributed by atoms with E-state index in [1.54, 1.807) is 6.07 Å². The third-order valence-electron chi connectivity index (χ3n) is 3.82. The van der Waals surface area contributed by atoms with Crippen LogP contribution < -0.4 is 5.32 Å². The topological polar surface area (TPSA) is 61.8 Å². The lowest BCUT2D eigenvalue weighted by Gasteiger charge is -2.27. The number of likely N-dealkylation sites (tertiary alicyclic amines) is 1.